The molecule has 0 spiro atoms. The first-order chi connectivity index (χ1) is 14.6. The van der Waals surface area contributed by atoms with E-state index in [-0.39, 0.29) is 23.1 Å². The van der Waals surface area contributed by atoms with Crippen molar-refractivity contribution in [2.45, 2.75) is 37.5 Å². The standard InChI is InChI=1S/C23H29N3O4S/c1-7-17(23-25-20(21(8-2)30-23)15-22(27)26(4)5)13-14-24-16(3)18-9-11-19(12-10-18)31(6,28)29/h7,9-14,17H,1,8,15H2,2-6H3. The monoisotopic (exact) mass is 443 g/mol. The molecule has 0 aliphatic heterocycles. The van der Waals surface area contributed by atoms with Crippen molar-refractivity contribution >= 4 is 21.5 Å². The minimum Gasteiger partial charge on any atom is -0.444 e. The van der Waals surface area contributed by atoms with Gasteiger partial charge < -0.3 is 9.32 Å². The maximum atomic E-state index is 12.0. The van der Waals surface area contributed by atoms with Crippen LogP contribution in [0.1, 0.15) is 42.7 Å². The van der Waals surface area contributed by atoms with Crippen LogP contribution in [-0.2, 0) is 27.5 Å². The molecule has 2 rings (SSSR count). The van der Waals surface area contributed by atoms with E-state index in [2.05, 4.69) is 16.6 Å². The second kappa shape index (κ2) is 10.3. The molecule has 1 heterocycles. The quantitative estimate of drug-likeness (QED) is 0.436. The molecule has 7 nitrogen and oxygen atoms in total. The van der Waals surface area contributed by atoms with Crippen LogP contribution in [0.4, 0.5) is 0 Å². The van der Waals surface area contributed by atoms with E-state index in [1.54, 1.807) is 50.6 Å². The predicted octanol–water partition coefficient (Wildman–Crippen LogP) is 3.56. The second-order valence-electron chi connectivity index (χ2n) is 7.35. The van der Waals surface area contributed by atoms with Crippen LogP contribution in [0, 0.1) is 0 Å². The number of oxazole rings is 1. The summed E-state index contributed by atoms with van der Waals surface area (Å²) in [5.74, 6) is 0.825. The molecular weight excluding hydrogens is 414 g/mol. The molecular formula is C23H29N3O4S. The highest BCUT2D eigenvalue weighted by molar-refractivity contribution is 7.90. The molecule has 0 N–H and O–H groups in total. The Morgan fingerprint density at radius 1 is 1.29 bits per heavy atom. The summed E-state index contributed by atoms with van der Waals surface area (Å²) in [6, 6.07) is 6.58. The zero-order valence-corrected chi connectivity index (χ0v) is 19.4. The van der Waals surface area contributed by atoms with Crippen molar-refractivity contribution in [3.8, 4) is 0 Å². The van der Waals surface area contributed by atoms with Gasteiger partial charge in [-0.25, -0.2) is 13.4 Å². The number of rotatable bonds is 9. The normalized spacial score (nSPS) is 13.4. The molecule has 2 aromatic rings. The van der Waals surface area contributed by atoms with E-state index >= 15 is 0 Å². The van der Waals surface area contributed by atoms with Crippen molar-refractivity contribution in [2.24, 2.45) is 4.99 Å². The van der Waals surface area contributed by atoms with Crippen LogP contribution in [0.25, 0.3) is 0 Å². The third-order valence-corrected chi connectivity index (χ3v) is 5.86. The molecule has 0 aliphatic rings. The number of aromatic nitrogens is 1. The first kappa shape index (κ1) is 24.3. The third-order valence-electron chi connectivity index (χ3n) is 4.73. The van der Waals surface area contributed by atoms with E-state index in [4.69, 9.17) is 4.42 Å². The van der Waals surface area contributed by atoms with Crippen molar-refractivity contribution in [1.82, 2.24) is 9.88 Å². The Labute approximate surface area is 184 Å². The van der Waals surface area contributed by atoms with Crippen molar-refractivity contribution in [2.75, 3.05) is 20.4 Å². The highest BCUT2D eigenvalue weighted by atomic mass is 32.2. The smallest absolute Gasteiger partial charge is 0.228 e. The number of aliphatic imine (C=N–C) groups is 1. The largest absolute Gasteiger partial charge is 0.444 e. The number of nitrogens with zero attached hydrogens (tertiary/aromatic N) is 3. The Morgan fingerprint density at radius 2 is 1.94 bits per heavy atom. The third kappa shape index (κ3) is 6.49. The van der Waals surface area contributed by atoms with Gasteiger partial charge in [-0.2, -0.15) is 0 Å². The SMILES string of the molecule is C=CC(C=CN=C(C)c1ccc(S(C)(=O)=O)cc1)c1nc(CC(=O)N(C)C)c(CC)o1. The molecule has 1 aromatic heterocycles. The topological polar surface area (TPSA) is 92.8 Å². The van der Waals surface area contributed by atoms with Gasteiger partial charge >= 0.3 is 0 Å². The van der Waals surface area contributed by atoms with E-state index < -0.39 is 9.84 Å². The van der Waals surface area contributed by atoms with Gasteiger partial charge in [0.25, 0.3) is 0 Å². The Balaban J connectivity index is 2.19. The van der Waals surface area contributed by atoms with Gasteiger partial charge in [0, 0.05) is 38.7 Å². The van der Waals surface area contributed by atoms with E-state index in [0.717, 1.165) is 11.3 Å². The highest BCUT2D eigenvalue weighted by Gasteiger charge is 2.19. The molecule has 0 saturated carbocycles. The van der Waals surface area contributed by atoms with Crippen LogP contribution >= 0.6 is 0 Å². The van der Waals surface area contributed by atoms with E-state index in [1.807, 2.05) is 19.9 Å². The van der Waals surface area contributed by atoms with E-state index in [0.29, 0.717) is 23.8 Å². The summed E-state index contributed by atoms with van der Waals surface area (Å²) in [7, 11) is 0.185. The maximum Gasteiger partial charge on any atom is 0.228 e. The molecule has 0 aliphatic carbocycles. The van der Waals surface area contributed by atoms with Gasteiger partial charge in [0.1, 0.15) is 5.76 Å². The van der Waals surface area contributed by atoms with Crippen LogP contribution in [-0.4, -0.2) is 50.3 Å². The Bertz CT molecular complexity index is 1090. The van der Waals surface area contributed by atoms with Gasteiger partial charge in [0.15, 0.2) is 9.84 Å². The van der Waals surface area contributed by atoms with Crippen LogP contribution in [0.5, 0.6) is 0 Å². The summed E-state index contributed by atoms with van der Waals surface area (Å²) >= 11 is 0. The Hall–Kier alpha value is -3.00. The summed E-state index contributed by atoms with van der Waals surface area (Å²) in [5.41, 5.74) is 2.20. The average Bonchev–Trinajstić information content (AvgIpc) is 3.12. The summed E-state index contributed by atoms with van der Waals surface area (Å²) in [5, 5.41) is 0. The zero-order valence-electron chi connectivity index (χ0n) is 18.6. The molecule has 0 saturated heterocycles. The van der Waals surface area contributed by atoms with Gasteiger partial charge in [0.2, 0.25) is 11.8 Å². The molecule has 166 valence electrons. The molecule has 1 unspecified atom stereocenters. The number of hydrogen-bond acceptors (Lipinski definition) is 6. The number of amides is 1. The van der Waals surface area contributed by atoms with Crippen LogP contribution in [0.3, 0.4) is 0 Å². The lowest BCUT2D eigenvalue weighted by atomic mass is 10.1. The first-order valence-electron chi connectivity index (χ1n) is 9.89. The highest BCUT2D eigenvalue weighted by Crippen LogP contribution is 2.23. The minimum absolute atomic E-state index is 0.0395. The molecule has 8 heteroatoms. The fourth-order valence-corrected chi connectivity index (χ4v) is 3.42. The fourth-order valence-electron chi connectivity index (χ4n) is 2.79. The minimum atomic E-state index is -3.23. The van der Waals surface area contributed by atoms with E-state index in [1.165, 1.54) is 11.2 Å². The van der Waals surface area contributed by atoms with Crippen molar-refractivity contribution in [3.05, 3.63) is 72.1 Å². The molecule has 0 bridgehead atoms. The van der Waals surface area contributed by atoms with Gasteiger partial charge in [0.05, 0.1) is 22.9 Å². The predicted molar refractivity (Wildman–Crippen MR) is 122 cm³/mol. The number of benzene rings is 1. The fraction of sp³-hybridized carbons (Fsp3) is 0.348. The van der Waals surface area contributed by atoms with E-state index in [9.17, 15) is 13.2 Å². The zero-order chi connectivity index (χ0) is 23.2. The van der Waals surface area contributed by atoms with Crippen molar-refractivity contribution < 1.29 is 17.6 Å². The van der Waals surface area contributed by atoms with Crippen molar-refractivity contribution in [3.63, 3.8) is 0 Å². The summed E-state index contributed by atoms with van der Waals surface area (Å²) in [4.78, 5) is 22.8. The Morgan fingerprint density at radius 3 is 2.45 bits per heavy atom. The second-order valence-corrected chi connectivity index (χ2v) is 9.37. The number of hydrogen-bond donors (Lipinski definition) is 0. The first-order valence-corrected chi connectivity index (χ1v) is 11.8. The maximum absolute atomic E-state index is 12.0. The van der Waals surface area contributed by atoms with Crippen LogP contribution in [0.2, 0.25) is 0 Å². The number of allylic oxidation sites excluding steroid dienone is 2. The number of likely N-dealkylation sites (N-methyl/N-ethyl adjacent to an activating group) is 1. The summed E-state index contributed by atoms with van der Waals surface area (Å²) in [6.07, 6.45) is 7.16. The number of carbonyl (C=O) groups excluding carboxylic acids is 1. The Kier molecular flexibility index (Phi) is 8.10. The van der Waals surface area contributed by atoms with Gasteiger partial charge in [-0.3, -0.25) is 9.79 Å². The number of aryl methyl sites for hydroxylation is 1. The molecule has 0 fully saturated rings. The average molecular weight is 444 g/mol. The molecule has 1 amide bonds. The molecule has 0 radical (unpaired) electrons. The lowest BCUT2D eigenvalue weighted by Crippen LogP contribution is -2.24. The summed E-state index contributed by atoms with van der Waals surface area (Å²) < 4.78 is 29.0. The summed E-state index contributed by atoms with van der Waals surface area (Å²) in [6.45, 7) is 7.64. The molecule has 1 atom stereocenters. The van der Waals surface area contributed by atoms with Crippen LogP contribution < -0.4 is 0 Å². The van der Waals surface area contributed by atoms with Gasteiger partial charge in [-0.1, -0.05) is 31.2 Å². The van der Waals surface area contributed by atoms with Crippen molar-refractivity contribution in [1.29, 1.82) is 0 Å². The van der Waals surface area contributed by atoms with Gasteiger partial charge in [-0.05, 0) is 24.6 Å². The molecule has 1 aromatic carbocycles. The van der Waals surface area contributed by atoms with Crippen LogP contribution in [0.15, 0.2) is 63.5 Å². The lowest BCUT2D eigenvalue weighted by Gasteiger charge is -2.08. The lowest BCUT2D eigenvalue weighted by molar-refractivity contribution is -0.128. The molecule has 31 heavy (non-hydrogen) atoms. The van der Waals surface area contributed by atoms with Gasteiger partial charge in [-0.15, -0.1) is 6.58 Å². The number of carbonyl (C=O) groups is 1. The number of sulfone groups is 1.